The second-order valence-corrected chi connectivity index (χ2v) is 7.58. The minimum Gasteiger partial charge on any atom is -0.454 e. The fourth-order valence-electron chi connectivity index (χ4n) is 4.12. The molecule has 1 aromatic heterocycles. The number of benzene rings is 1. The molecule has 1 saturated heterocycles. The van der Waals surface area contributed by atoms with E-state index in [2.05, 4.69) is 20.8 Å². The number of carbonyl (C=O) groups is 2. The molecule has 1 aromatic carbocycles. The van der Waals surface area contributed by atoms with Crippen molar-refractivity contribution in [3.8, 4) is 11.5 Å². The highest BCUT2D eigenvalue weighted by atomic mass is 16.7. The summed E-state index contributed by atoms with van der Waals surface area (Å²) in [5.41, 5.74) is 3.22. The van der Waals surface area contributed by atoms with Crippen LogP contribution in [0.3, 0.4) is 0 Å². The van der Waals surface area contributed by atoms with Crippen LogP contribution in [0.5, 0.6) is 11.5 Å². The molecule has 0 unspecified atom stereocenters. The van der Waals surface area contributed by atoms with Crippen molar-refractivity contribution in [1.82, 2.24) is 20.4 Å². The molecule has 152 valence electrons. The Hall–Kier alpha value is -3.07. The Morgan fingerprint density at radius 3 is 2.86 bits per heavy atom. The van der Waals surface area contributed by atoms with Crippen molar-refractivity contribution in [2.75, 3.05) is 31.7 Å². The van der Waals surface area contributed by atoms with Crippen LogP contribution in [0.25, 0.3) is 0 Å². The molecule has 9 heteroatoms. The van der Waals surface area contributed by atoms with Gasteiger partial charge in [0.25, 0.3) is 5.91 Å². The average Bonchev–Trinajstić information content (AvgIpc) is 3.40. The van der Waals surface area contributed by atoms with Gasteiger partial charge >= 0.3 is 0 Å². The smallest absolute Gasteiger partial charge is 0.274 e. The first kappa shape index (κ1) is 18.0. The lowest BCUT2D eigenvalue weighted by atomic mass is 9.95. The van der Waals surface area contributed by atoms with Gasteiger partial charge in [-0.15, -0.1) is 0 Å². The maximum atomic E-state index is 12.9. The number of carbonyl (C=O) groups excluding carboxylic acids is 2. The zero-order chi connectivity index (χ0) is 19.8. The quantitative estimate of drug-likeness (QED) is 0.720. The Morgan fingerprint density at radius 1 is 1.17 bits per heavy atom. The maximum absolute atomic E-state index is 12.9. The molecule has 9 nitrogen and oxygen atoms in total. The number of nitrogens with one attached hydrogen (secondary N) is 3. The molecular formula is C20H23N5O4. The first-order valence-electron chi connectivity index (χ1n) is 9.95. The fraction of sp³-hybridized carbons (Fsp3) is 0.450. The van der Waals surface area contributed by atoms with Crippen LogP contribution in [0, 0.1) is 5.92 Å². The van der Waals surface area contributed by atoms with Crippen molar-refractivity contribution in [3.63, 3.8) is 0 Å². The topological polar surface area (TPSA) is 109 Å². The number of H-pyrrole nitrogens is 1. The molecule has 0 saturated carbocycles. The number of rotatable bonds is 3. The van der Waals surface area contributed by atoms with Gasteiger partial charge in [-0.25, -0.2) is 0 Å². The summed E-state index contributed by atoms with van der Waals surface area (Å²) in [4.78, 5) is 27.4. The SMILES string of the molecule is O=C(Nc1ccc2c(c1)OCO2)C1CCN(C(=O)c2n[nH]c3c2CNCC3)CC1. The maximum Gasteiger partial charge on any atom is 0.274 e. The molecule has 0 radical (unpaired) electrons. The van der Waals surface area contributed by atoms with Crippen LogP contribution in [-0.4, -0.2) is 53.3 Å². The molecule has 0 spiro atoms. The summed E-state index contributed by atoms with van der Waals surface area (Å²) in [6, 6.07) is 5.37. The molecule has 1 fully saturated rings. The predicted octanol–water partition coefficient (Wildman–Crippen LogP) is 1.27. The van der Waals surface area contributed by atoms with Gasteiger partial charge < -0.3 is 25.0 Å². The highest BCUT2D eigenvalue weighted by Crippen LogP contribution is 2.34. The van der Waals surface area contributed by atoms with Crippen molar-refractivity contribution in [1.29, 1.82) is 0 Å². The number of ether oxygens (including phenoxy) is 2. The molecule has 3 aliphatic rings. The lowest BCUT2D eigenvalue weighted by molar-refractivity contribution is -0.121. The van der Waals surface area contributed by atoms with E-state index >= 15 is 0 Å². The molecule has 4 heterocycles. The van der Waals surface area contributed by atoms with E-state index < -0.39 is 0 Å². The Morgan fingerprint density at radius 2 is 2.00 bits per heavy atom. The molecule has 0 bridgehead atoms. The second kappa shape index (κ2) is 7.40. The Labute approximate surface area is 167 Å². The number of anilines is 1. The third kappa shape index (κ3) is 3.42. The standard InChI is InChI=1S/C20H23N5O4/c26-19(22-13-1-2-16-17(9-13)29-11-28-16)12-4-7-25(8-5-12)20(27)18-14-10-21-6-3-15(14)23-24-18/h1-2,9,12,21H,3-8,10-11H2,(H,22,26)(H,23,24). The Balaban J connectivity index is 1.18. The zero-order valence-corrected chi connectivity index (χ0v) is 16.0. The molecule has 29 heavy (non-hydrogen) atoms. The number of likely N-dealkylation sites (tertiary alicyclic amines) is 1. The highest BCUT2D eigenvalue weighted by molar-refractivity contribution is 5.95. The average molecular weight is 397 g/mol. The molecule has 0 aliphatic carbocycles. The van der Waals surface area contributed by atoms with Crippen LogP contribution in [0.1, 0.15) is 34.6 Å². The van der Waals surface area contributed by atoms with Crippen LogP contribution >= 0.6 is 0 Å². The number of piperidine rings is 1. The number of nitrogens with zero attached hydrogens (tertiary/aromatic N) is 2. The van der Waals surface area contributed by atoms with Crippen LogP contribution in [0.2, 0.25) is 0 Å². The normalized spacial score (nSPS) is 18.4. The van der Waals surface area contributed by atoms with Crippen LogP contribution in [0.15, 0.2) is 18.2 Å². The van der Waals surface area contributed by atoms with Crippen molar-refractivity contribution in [2.24, 2.45) is 5.92 Å². The minimum atomic E-state index is -0.126. The lowest BCUT2D eigenvalue weighted by Crippen LogP contribution is -2.42. The molecule has 5 rings (SSSR count). The Bertz CT molecular complexity index is 948. The summed E-state index contributed by atoms with van der Waals surface area (Å²) in [6.07, 6.45) is 2.12. The first-order valence-corrected chi connectivity index (χ1v) is 9.95. The number of aromatic nitrogens is 2. The van der Waals surface area contributed by atoms with Gasteiger partial charge in [-0.2, -0.15) is 5.10 Å². The van der Waals surface area contributed by atoms with E-state index in [1.54, 1.807) is 23.1 Å². The van der Waals surface area contributed by atoms with E-state index in [-0.39, 0.29) is 24.5 Å². The monoisotopic (exact) mass is 397 g/mol. The van der Waals surface area contributed by atoms with E-state index in [1.807, 2.05) is 0 Å². The van der Waals surface area contributed by atoms with Crippen LogP contribution in [0.4, 0.5) is 5.69 Å². The van der Waals surface area contributed by atoms with Gasteiger partial charge in [-0.1, -0.05) is 0 Å². The fourth-order valence-corrected chi connectivity index (χ4v) is 4.12. The summed E-state index contributed by atoms with van der Waals surface area (Å²) < 4.78 is 10.6. The van der Waals surface area contributed by atoms with Gasteiger partial charge in [0.1, 0.15) is 0 Å². The van der Waals surface area contributed by atoms with Crippen LogP contribution in [-0.2, 0) is 17.8 Å². The molecule has 0 atom stereocenters. The molecule has 3 N–H and O–H groups in total. The largest absolute Gasteiger partial charge is 0.454 e. The number of amides is 2. The van der Waals surface area contributed by atoms with E-state index in [1.165, 1.54) is 0 Å². The molecule has 2 amide bonds. The molecule has 3 aliphatic heterocycles. The van der Waals surface area contributed by atoms with Gasteiger partial charge in [0.05, 0.1) is 0 Å². The first-order chi connectivity index (χ1) is 14.2. The highest BCUT2D eigenvalue weighted by Gasteiger charge is 2.31. The van der Waals surface area contributed by atoms with E-state index in [4.69, 9.17) is 9.47 Å². The third-order valence-electron chi connectivity index (χ3n) is 5.80. The molecule has 2 aromatic rings. The summed E-state index contributed by atoms with van der Waals surface area (Å²) in [6.45, 7) is 2.86. The van der Waals surface area contributed by atoms with Gasteiger partial charge in [0, 0.05) is 61.5 Å². The van der Waals surface area contributed by atoms with Crippen molar-refractivity contribution >= 4 is 17.5 Å². The second-order valence-electron chi connectivity index (χ2n) is 7.58. The van der Waals surface area contributed by atoms with E-state index in [0.29, 0.717) is 55.4 Å². The van der Waals surface area contributed by atoms with E-state index in [9.17, 15) is 9.59 Å². The predicted molar refractivity (Wildman–Crippen MR) is 104 cm³/mol. The van der Waals surface area contributed by atoms with Gasteiger partial charge in [-0.05, 0) is 25.0 Å². The van der Waals surface area contributed by atoms with Crippen molar-refractivity contribution < 1.29 is 19.1 Å². The molecular weight excluding hydrogens is 374 g/mol. The number of hydrogen-bond acceptors (Lipinski definition) is 6. The minimum absolute atomic E-state index is 0.0303. The van der Waals surface area contributed by atoms with Crippen molar-refractivity contribution in [2.45, 2.75) is 25.8 Å². The van der Waals surface area contributed by atoms with Crippen LogP contribution < -0.4 is 20.1 Å². The number of hydrogen-bond donors (Lipinski definition) is 3. The van der Waals surface area contributed by atoms with Crippen molar-refractivity contribution in [3.05, 3.63) is 35.2 Å². The Kier molecular flexibility index (Phi) is 4.59. The summed E-state index contributed by atoms with van der Waals surface area (Å²) in [7, 11) is 0. The third-order valence-corrected chi connectivity index (χ3v) is 5.80. The van der Waals surface area contributed by atoms with E-state index in [0.717, 1.165) is 24.2 Å². The van der Waals surface area contributed by atoms with Gasteiger partial charge in [0.15, 0.2) is 17.2 Å². The summed E-state index contributed by atoms with van der Waals surface area (Å²) in [5, 5.41) is 13.5. The van der Waals surface area contributed by atoms with Gasteiger partial charge in [-0.3, -0.25) is 14.7 Å². The summed E-state index contributed by atoms with van der Waals surface area (Å²) >= 11 is 0. The number of aromatic amines is 1. The zero-order valence-electron chi connectivity index (χ0n) is 16.0. The number of fused-ring (bicyclic) bond motifs is 2. The summed E-state index contributed by atoms with van der Waals surface area (Å²) in [5.74, 6) is 1.11. The van der Waals surface area contributed by atoms with Gasteiger partial charge in [0.2, 0.25) is 12.7 Å². The lowest BCUT2D eigenvalue weighted by Gasteiger charge is -2.31.